The molecule has 0 aliphatic carbocycles. The van der Waals surface area contributed by atoms with Gasteiger partial charge in [0.15, 0.2) is 11.6 Å². The Balaban J connectivity index is 2.23. The first-order chi connectivity index (χ1) is 11.1. The Bertz CT molecular complexity index is 770. The number of aliphatic carboxylic acids is 1. The van der Waals surface area contributed by atoms with Crippen molar-refractivity contribution in [3.8, 4) is 6.07 Å². The fourth-order valence-electron chi connectivity index (χ4n) is 2.15. The van der Waals surface area contributed by atoms with Crippen molar-refractivity contribution in [1.29, 1.82) is 5.26 Å². The van der Waals surface area contributed by atoms with Crippen molar-refractivity contribution in [2.24, 2.45) is 10.2 Å². The van der Waals surface area contributed by atoms with Gasteiger partial charge in [0.05, 0.1) is 17.2 Å². The van der Waals surface area contributed by atoms with Gasteiger partial charge in [-0.15, -0.1) is 0 Å². The second kappa shape index (κ2) is 5.92. The first kappa shape index (κ1) is 17.4. The molecule has 0 aromatic heterocycles. The van der Waals surface area contributed by atoms with Gasteiger partial charge in [0.25, 0.3) is 5.91 Å². The fraction of sp³-hybridized carbons (Fsp3) is 0.357. The summed E-state index contributed by atoms with van der Waals surface area (Å²) in [5.41, 5.74) is -3.42. The van der Waals surface area contributed by atoms with E-state index < -0.39 is 40.8 Å². The minimum Gasteiger partial charge on any atom is -0.480 e. The third-order valence-corrected chi connectivity index (χ3v) is 3.49. The van der Waals surface area contributed by atoms with E-state index in [1.165, 1.54) is 13.0 Å². The molecular formula is C14H11F3N4O3. The Hall–Kier alpha value is -2.96. The summed E-state index contributed by atoms with van der Waals surface area (Å²) in [6.45, 7) is 1.34. The average Bonchev–Trinajstić information content (AvgIpc) is 2.90. The summed E-state index contributed by atoms with van der Waals surface area (Å²) < 4.78 is 38.7. The number of carboxylic acid groups (broad SMARTS) is 1. The molecule has 2 N–H and O–H groups in total. The number of benzene rings is 1. The molecule has 1 heterocycles. The number of amides is 1. The number of hydrogen-bond donors (Lipinski definition) is 2. The quantitative estimate of drug-likeness (QED) is 0.880. The van der Waals surface area contributed by atoms with E-state index in [0.29, 0.717) is 6.07 Å². The molecule has 7 nitrogen and oxygen atoms in total. The lowest BCUT2D eigenvalue weighted by Crippen LogP contribution is -2.38. The van der Waals surface area contributed by atoms with Gasteiger partial charge >= 0.3 is 12.1 Å². The smallest absolute Gasteiger partial charge is 0.417 e. The maximum absolute atomic E-state index is 12.9. The highest BCUT2D eigenvalue weighted by atomic mass is 19.4. The van der Waals surface area contributed by atoms with E-state index in [-0.39, 0.29) is 12.1 Å². The maximum atomic E-state index is 12.9. The van der Waals surface area contributed by atoms with E-state index in [1.807, 2.05) is 0 Å². The molecule has 126 valence electrons. The van der Waals surface area contributed by atoms with Crippen LogP contribution in [0.4, 0.5) is 18.9 Å². The Labute approximate surface area is 133 Å². The Morgan fingerprint density at radius 3 is 2.62 bits per heavy atom. The third-order valence-electron chi connectivity index (χ3n) is 3.49. The summed E-state index contributed by atoms with van der Waals surface area (Å²) in [6, 6.07) is 2.99. The lowest BCUT2D eigenvalue weighted by molar-refractivity contribution is -0.139. The van der Waals surface area contributed by atoms with E-state index in [9.17, 15) is 22.8 Å². The van der Waals surface area contributed by atoms with Crippen molar-refractivity contribution in [3.63, 3.8) is 0 Å². The molecule has 0 spiro atoms. The fourth-order valence-corrected chi connectivity index (χ4v) is 2.15. The van der Waals surface area contributed by atoms with Gasteiger partial charge in [0, 0.05) is 12.1 Å². The summed E-state index contributed by atoms with van der Waals surface area (Å²) >= 11 is 0. The summed E-state index contributed by atoms with van der Waals surface area (Å²) in [7, 11) is 0. The molecule has 0 saturated carbocycles. The largest absolute Gasteiger partial charge is 0.480 e. The number of alkyl halides is 3. The molecule has 1 amide bonds. The lowest BCUT2D eigenvalue weighted by atomic mass is 9.94. The van der Waals surface area contributed by atoms with Crippen molar-refractivity contribution >= 4 is 17.6 Å². The monoisotopic (exact) mass is 340 g/mol. The number of halogens is 3. The van der Waals surface area contributed by atoms with Gasteiger partial charge < -0.3 is 10.4 Å². The topological polar surface area (TPSA) is 115 Å². The Kier molecular flexibility index (Phi) is 4.29. The van der Waals surface area contributed by atoms with E-state index in [0.717, 1.165) is 12.1 Å². The summed E-state index contributed by atoms with van der Waals surface area (Å²) in [5, 5.41) is 26.9. The molecule has 24 heavy (non-hydrogen) atoms. The predicted molar refractivity (Wildman–Crippen MR) is 74.1 cm³/mol. The zero-order chi connectivity index (χ0) is 18.1. The van der Waals surface area contributed by atoms with E-state index in [1.54, 1.807) is 0 Å². The van der Waals surface area contributed by atoms with E-state index in [4.69, 9.17) is 10.4 Å². The van der Waals surface area contributed by atoms with Crippen LogP contribution in [0, 0.1) is 11.3 Å². The summed E-state index contributed by atoms with van der Waals surface area (Å²) in [6.07, 6.45) is -4.95. The molecule has 1 aromatic rings. The molecule has 0 fully saturated rings. The van der Waals surface area contributed by atoms with Gasteiger partial charge in [-0.2, -0.15) is 28.7 Å². The van der Waals surface area contributed by atoms with E-state index in [2.05, 4.69) is 15.5 Å². The van der Waals surface area contributed by atoms with Crippen LogP contribution in [0.2, 0.25) is 0 Å². The molecule has 1 aromatic carbocycles. The zero-order valence-electron chi connectivity index (χ0n) is 12.3. The van der Waals surface area contributed by atoms with Crippen LogP contribution in [0.15, 0.2) is 28.4 Å². The SMILES string of the molecule is CC1(C(=O)Nc2ccc(C#N)c(C(F)(F)F)c2)CC(C(=O)O)N=N1. The second-order valence-corrected chi connectivity index (χ2v) is 5.37. The minimum absolute atomic E-state index is 0.179. The molecule has 2 unspecified atom stereocenters. The van der Waals surface area contributed by atoms with E-state index >= 15 is 0 Å². The number of nitrogens with one attached hydrogen (secondary N) is 1. The highest BCUT2D eigenvalue weighted by Crippen LogP contribution is 2.34. The van der Waals surface area contributed by atoms with Crippen molar-refractivity contribution in [3.05, 3.63) is 29.3 Å². The molecule has 0 bridgehead atoms. The first-order valence-electron chi connectivity index (χ1n) is 6.64. The standard InChI is InChI=1S/C14H11F3N4O3/c1-13(5-10(11(22)23)20-21-13)12(24)19-8-3-2-7(6-18)9(4-8)14(15,16)17/h2-4,10H,5H2,1H3,(H,19,24)(H,22,23). The number of carbonyl (C=O) groups is 2. The number of hydrogen-bond acceptors (Lipinski definition) is 5. The molecule has 0 radical (unpaired) electrons. The molecule has 2 atom stereocenters. The summed E-state index contributed by atoms with van der Waals surface area (Å²) in [5.74, 6) is -2.03. The van der Waals surface area contributed by atoms with Gasteiger partial charge in [-0.1, -0.05) is 0 Å². The number of nitrogens with zero attached hydrogens (tertiary/aromatic N) is 3. The lowest BCUT2D eigenvalue weighted by Gasteiger charge is -2.19. The molecular weight excluding hydrogens is 329 g/mol. The number of carboxylic acids is 1. The number of anilines is 1. The minimum atomic E-state index is -4.75. The highest BCUT2D eigenvalue weighted by Gasteiger charge is 2.43. The van der Waals surface area contributed by atoms with Crippen molar-refractivity contribution in [2.45, 2.75) is 31.1 Å². The maximum Gasteiger partial charge on any atom is 0.417 e. The molecule has 10 heteroatoms. The second-order valence-electron chi connectivity index (χ2n) is 5.37. The number of azo groups is 1. The average molecular weight is 340 g/mol. The van der Waals surface area contributed by atoms with Crippen LogP contribution in [-0.2, 0) is 15.8 Å². The van der Waals surface area contributed by atoms with Crippen LogP contribution >= 0.6 is 0 Å². The van der Waals surface area contributed by atoms with Gasteiger partial charge in [-0.3, -0.25) is 4.79 Å². The zero-order valence-corrected chi connectivity index (χ0v) is 12.3. The molecule has 1 aliphatic rings. The van der Waals surface area contributed by atoms with Crippen molar-refractivity contribution in [1.82, 2.24) is 0 Å². The van der Waals surface area contributed by atoms with Gasteiger partial charge in [-0.05, 0) is 25.1 Å². The van der Waals surface area contributed by atoms with Crippen molar-refractivity contribution in [2.75, 3.05) is 5.32 Å². The number of carbonyl (C=O) groups excluding carboxylic acids is 1. The molecule has 2 rings (SSSR count). The van der Waals surface area contributed by atoms with Crippen molar-refractivity contribution < 1.29 is 27.9 Å². The number of rotatable bonds is 3. The van der Waals surface area contributed by atoms with Gasteiger partial charge in [0.1, 0.15) is 0 Å². The molecule has 1 aliphatic heterocycles. The third kappa shape index (κ3) is 3.34. The number of nitriles is 1. The van der Waals surface area contributed by atoms with Gasteiger partial charge in [-0.25, -0.2) is 4.79 Å². The van der Waals surface area contributed by atoms with Crippen LogP contribution in [0.5, 0.6) is 0 Å². The van der Waals surface area contributed by atoms with Crippen LogP contribution in [0.25, 0.3) is 0 Å². The highest BCUT2D eigenvalue weighted by molar-refractivity contribution is 5.98. The Morgan fingerprint density at radius 2 is 2.12 bits per heavy atom. The normalized spacial score (nSPS) is 22.9. The van der Waals surface area contributed by atoms with Crippen LogP contribution < -0.4 is 5.32 Å². The predicted octanol–water partition coefficient (Wildman–Crippen LogP) is 2.58. The van der Waals surface area contributed by atoms with Gasteiger partial charge in [0.2, 0.25) is 0 Å². The molecule has 0 saturated heterocycles. The first-order valence-corrected chi connectivity index (χ1v) is 6.64. The van der Waals surface area contributed by atoms with Crippen LogP contribution in [0.1, 0.15) is 24.5 Å². The van der Waals surface area contributed by atoms with Crippen LogP contribution in [0.3, 0.4) is 0 Å². The van der Waals surface area contributed by atoms with Crippen LogP contribution in [-0.4, -0.2) is 28.6 Å². The summed E-state index contributed by atoms with van der Waals surface area (Å²) in [4.78, 5) is 23.1. The Morgan fingerprint density at radius 1 is 1.46 bits per heavy atom.